The molecule has 5 atom stereocenters. The molecule has 8 nitrogen and oxygen atoms in total. The molecule has 1 aromatic carbocycles. The van der Waals surface area contributed by atoms with Crippen molar-refractivity contribution < 1.29 is 40.1 Å². The molecule has 0 spiro atoms. The molecular weight excluding hydrogens is 284 g/mol. The Morgan fingerprint density at radius 2 is 1.76 bits per heavy atom. The average Bonchev–Trinajstić information content (AvgIpc) is 2.49. The lowest BCUT2D eigenvalue weighted by atomic mass is 9.99. The first-order valence-electron chi connectivity index (χ1n) is 6.38. The molecule has 0 amide bonds. The van der Waals surface area contributed by atoms with Gasteiger partial charge in [0.05, 0.1) is 13.2 Å². The lowest BCUT2D eigenvalue weighted by Gasteiger charge is -2.39. The molecule has 2 rings (SSSR count). The highest BCUT2D eigenvalue weighted by molar-refractivity contribution is 5.39. The van der Waals surface area contributed by atoms with Gasteiger partial charge in [-0.15, -0.1) is 0 Å². The molecule has 1 aliphatic rings. The fourth-order valence-electron chi connectivity index (χ4n) is 2.09. The van der Waals surface area contributed by atoms with Gasteiger partial charge in [-0.2, -0.15) is 0 Å². The van der Waals surface area contributed by atoms with Crippen molar-refractivity contribution in [3.63, 3.8) is 0 Å². The van der Waals surface area contributed by atoms with Gasteiger partial charge in [0.2, 0.25) is 6.29 Å². The third kappa shape index (κ3) is 3.26. The summed E-state index contributed by atoms with van der Waals surface area (Å²) in [7, 11) is 0. The SMILES string of the molecule is OCc1cc(O)ccc1O[C@@H]1O[C@H](CO)[C@@H](O)[C@H](O)[C@H]1O. The molecule has 0 aliphatic carbocycles. The molecule has 0 unspecified atom stereocenters. The molecule has 0 bridgehead atoms. The molecule has 1 aromatic rings. The van der Waals surface area contributed by atoms with E-state index in [1.165, 1.54) is 18.2 Å². The zero-order chi connectivity index (χ0) is 15.6. The number of aromatic hydroxyl groups is 1. The standard InChI is InChI=1S/C13H18O8/c14-4-6-3-7(16)1-2-8(6)20-13-12(19)11(18)10(17)9(5-15)21-13/h1-3,9-19H,4-5H2/t9-,10-,11+,12-,13-/m1/s1. The molecule has 8 heteroatoms. The number of rotatable bonds is 4. The van der Waals surface area contributed by atoms with Crippen LogP contribution < -0.4 is 4.74 Å². The van der Waals surface area contributed by atoms with E-state index in [0.29, 0.717) is 0 Å². The molecule has 0 saturated carbocycles. The third-order valence-electron chi connectivity index (χ3n) is 3.31. The molecule has 21 heavy (non-hydrogen) atoms. The van der Waals surface area contributed by atoms with Crippen LogP contribution in [0.4, 0.5) is 0 Å². The zero-order valence-electron chi connectivity index (χ0n) is 11.0. The monoisotopic (exact) mass is 302 g/mol. The zero-order valence-corrected chi connectivity index (χ0v) is 11.0. The van der Waals surface area contributed by atoms with Crippen LogP contribution in [0.25, 0.3) is 0 Å². The summed E-state index contributed by atoms with van der Waals surface area (Å²) in [5, 5.41) is 56.8. The molecule has 6 N–H and O–H groups in total. The maximum Gasteiger partial charge on any atom is 0.229 e. The molecule has 1 aliphatic heterocycles. The van der Waals surface area contributed by atoms with E-state index in [4.69, 9.17) is 14.6 Å². The van der Waals surface area contributed by atoms with Gasteiger partial charge in [-0.05, 0) is 18.2 Å². The number of aliphatic hydroxyl groups is 5. The van der Waals surface area contributed by atoms with Crippen LogP contribution >= 0.6 is 0 Å². The van der Waals surface area contributed by atoms with E-state index >= 15 is 0 Å². The van der Waals surface area contributed by atoms with Gasteiger partial charge >= 0.3 is 0 Å². The molecule has 1 saturated heterocycles. The Kier molecular flexibility index (Phi) is 4.99. The topological polar surface area (TPSA) is 140 Å². The van der Waals surface area contributed by atoms with Crippen molar-refractivity contribution in [1.82, 2.24) is 0 Å². The van der Waals surface area contributed by atoms with E-state index in [9.17, 15) is 25.5 Å². The molecular formula is C13H18O8. The van der Waals surface area contributed by atoms with Crippen LogP contribution in [-0.4, -0.2) is 68.0 Å². The number of ether oxygens (including phenoxy) is 2. The van der Waals surface area contributed by atoms with E-state index in [2.05, 4.69) is 0 Å². The number of phenolic OH excluding ortho intramolecular Hbond substituents is 1. The van der Waals surface area contributed by atoms with Crippen molar-refractivity contribution in [3.8, 4) is 11.5 Å². The highest BCUT2D eigenvalue weighted by Crippen LogP contribution is 2.28. The summed E-state index contributed by atoms with van der Waals surface area (Å²) < 4.78 is 10.6. The van der Waals surface area contributed by atoms with E-state index in [-0.39, 0.29) is 17.1 Å². The summed E-state index contributed by atoms with van der Waals surface area (Å²) in [6.45, 7) is -0.978. The van der Waals surface area contributed by atoms with Crippen molar-refractivity contribution in [2.45, 2.75) is 37.3 Å². The number of benzene rings is 1. The van der Waals surface area contributed by atoms with Crippen molar-refractivity contribution >= 4 is 0 Å². The van der Waals surface area contributed by atoms with Gasteiger partial charge in [-0.1, -0.05) is 0 Å². The second-order valence-corrected chi connectivity index (χ2v) is 4.77. The van der Waals surface area contributed by atoms with E-state index in [1.807, 2.05) is 0 Å². The first kappa shape index (κ1) is 16.0. The van der Waals surface area contributed by atoms with Crippen LogP contribution in [0.1, 0.15) is 5.56 Å². The van der Waals surface area contributed by atoms with E-state index in [1.54, 1.807) is 0 Å². The fraction of sp³-hybridized carbons (Fsp3) is 0.538. The Labute approximate surface area is 120 Å². The van der Waals surface area contributed by atoms with Crippen LogP contribution in [0.3, 0.4) is 0 Å². The first-order valence-corrected chi connectivity index (χ1v) is 6.38. The Hall–Kier alpha value is -1.42. The highest BCUT2D eigenvalue weighted by atomic mass is 16.7. The van der Waals surface area contributed by atoms with Gasteiger partial charge in [-0.3, -0.25) is 0 Å². The van der Waals surface area contributed by atoms with Crippen molar-refractivity contribution in [2.75, 3.05) is 6.61 Å². The Balaban J connectivity index is 2.18. The van der Waals surface area contributed by atoms with Crippen molar-refractivity contribution in [2.24, 2.45) is 0 Å². The fourth-order valence-corrected chi connectivity index (χ4v) is 2.09. The Morgan fingerprint density at radius 1 is 1.05 bits per heavy atom. The van der Waals surface area contributed by atoms with Gasteiger partial charge in [0.15, 0.2) is 0 Å². The predicted molar refractivity (Wildman–Crippen MR) is 68.4 cm³/mol. The van der Waals surface area contributed by atoms with E-state index < -0.39 is 43.9 Å². The van der Waals surface area contributed by atoms with Crippen LogP contribution in [-0.2, 0) is 11.3 Å². The van der Waals surface area contributed by atoms with Gasteiger partial charge in [0, 0.05) is 5.56 Å². The second kappa shape index (κ2) is 6.56. The van der Waals surface area contributed by atoms with Gasteiger partial charge in [-0.25, -0.2) is 0 Å². The van der Waals surface area contributed by atoms with Crippen molar-refractivity contribution in [3.05, 3.63) is 23.8 Å². The van der Waals surface area contributed by atoms with Crippen LogP contribution in [0.2, 0.25) is 0 Å². The van der Waals surface area contributed by atoms with Crippen LogP contribution in [0, 0.1) is 0 Å². The van der Waals surface area contributed by atoms with Gasteiger partial charge in [0.1, 0.15) is 35.9 Å². The normalized spacial score (nSPS) is 32.9. The van der Waals surface area contributed by atoms with Crippen LogP contribution in [0.5, 0.6) is 11.5 Å². The van der Waals surface area contributed by atoms with Gasteiger partial charge in [0.25, 0.3) is 0 Å². The summed E-state index contributed by atoms with van der Waals surface area (Å²) in [5.74, 6) is 0.0693. The molecule has 0 radical (unpaired) electrons. The molecule has 1 heterocycles. The lowest BCUT2D eigenvalue weighted by molar-refractivity contribution is -0.277. The quantitative estimate of drug-likeness (QED) is 0.378. The number of hydrogen-bond acceptors (Lipinski definition) is 8. The molecule has 118 valence electrons. The third-order valence-corrected chi connectivity index (χ3v) is 3.31. The number of phenols is 1. The highest BCUT2D eigenvalue weighted by Gasteiger charge is 2.44. The summed E-state index contributed by atoms with van der Waals surface area (Å²) in [6, 6.07) is 3.96. The predicted octanol–water partition coefficient (Wildman–Crippen LogP) is -1.94. The minimum atomic E-state index is -1.55. The maximum absolute atomic E-state index is 9.85. The average molecular weight is 302 g/mol. The summed E-state index contributed by atoms with van der Waals surface area (Å²) in [5.41, 5.74) is 0.256. The van der Waals surface area contributed by atoms with Crippen molar-refractivity contribution in [1.29, 1.82) is 0 Å². The molecule has 0 aromatic heterocycles. The van der Waals surface area contributed by atoms with E-state index in [0.717, 1.165) is 0 Å². The Bertz CT molecular complexity index is 477. The maximum atomic E-state index is 9.85. The lowest BCUT2D eigenvalue weighted by Crippen LogP contribution is -2.60. The first-order chi connectivity index (χ1) is 9.97. The van der Waals surface area contributed by atoms with Gasteiger partial charge < -0.3 is 40.1 Å². The minimum absolute atomic E-state index is 0.0693. The summed E-state index contributed by atoms with van der Waals surface area (Å²) in [4.78, 5) is 0. The molecule has 1 fully saturated rings. The number of hydrogen-bond donors (Lipinski definition) is 6. The largest absolute Gasteiger partial charge is 0.508 e. The second-order valence-electron chi connectivity index (χ2n) is 4.77. The summed E-state index contributed by atoms with van der Waals surface area (Å²) in [6.07, 6.45) is -6.97. The Morgan fingerprint density at radius 3 is 2.38 bits per heavy atom. The minimum Gasteiger partial charge on any atom is -0.508 e. The summed E-state index contributed by atoms with van der Waals surface area (Å²) >= 11 is 0. The number of aliphatic hydroxyl groups excluding tert-OH is 5. The smallest absolute Gasteiger partial charge is 0.229 e. The van der Waals surface area contributed by atoms with Crippen LogP contribution in [0.15, 0.2) is 18.2 Å².